The Labute approximate surface area is 202 Å². The Bertz CT molecular complexity index is 1270. The van der Waals surface area contributed by atoms with Crippen molar-refractivity contribution < 1.29 is 0 Å². The van der Waals surface area contributed by atoms with Gasteiger partial charge in [-0.1, -0.05) is 43.1 Å². The molecule has 7 nitrogen and oxygen atoms in total. The summed E-state index contributed by atoms with van der Waals surface area (Å²) >= 11 is 12.6. The fourth-order valence-corrected chi connectivity index (χ4v) is 4.67. The zero-order valence-electron chi connectivity index (χ0n) is 18.5. The molecule has 1 aromatic carbocycles. The van der Waals surface area contributed by atoms with Gasteiger partial charge in [-0.15, -0.1) is 0 Å². The molecule has 0 amide bonds. The summed E-state index contributed by atoms with van der Waals surface area (Å²) in [6, 6.07) is 10.3. The van der Waals surface area contributed by atoms with Crippen molar-refractivity contribution in [3.8, 4) is 22.4 Å². The van der Waals surface area contributed by atoms with E-state index in [0.717, 1.165) is 59.9 Å². The van der Waals surface area contributed by atoms with Crippen molar-refractivity contribution in [1.29, 1.82) is 0 Å². The maximum absolute atomic E-state index is 6.38. The third-order valence-corrected chi connectivity index (χ3v) is 6.71. The van der Waals surface area contributed by atoms with Gasteiger partial charge in [0.2, 0.25) is 5.95 Å². The largest absolute Gasteiger partial charge is 0.336 e. The molecule has 1 aliphatic heterocycles. The third-order valence-electron chi connectivity index (χ3n) is 5.97. The molecule has 0 spiro atoms. The van der Waals surface area contributed by atoms with Crippen LogP contribution in [0.15, 0.2) is 49.1 Å². The molecule has 0 radical (unpaired) electrons. The van der Waals surface area contributed by atoms with E-state index in [-0.39, 0.29) is 0 Å². The number of fused-ring (bicyclic) bond motifs is 1. The maximum atomic E-state index is 6.38. The van der Waals surface area contributed by atoms with Crippen LogP contribution in [0, 0.1) is 0 Å². The number of pyridine rings is 1. The quantitative estimate of drug-likeness (QED) is 0.411. The average Bonchev–Trinajstić information content (AvgIpc) is 3.49. The van der Waals surface area contributed by atoms with Gasteiger partial charge in [-0.3, -0.25) is 4.98 Å². The summed E-state index contributed by atoms with van der Waals surface area (Å²) in [6.45, 7) is 6.16. The summed E-state index contributed by atoms with van der Waals surface area (Å²) in [5, 5.41) is 9.12. The lowest BCUT2D eigenvalue weighted by Crippen LogP contribution is -2.41. The van der Waals surface area contributed by atoms with Crippen LogP contribution in [0.1, 0.15) is 26.7 Å². The van der Waals surface area contributed by atoms with Gasteiger partial charge in [0.1, 0.15) is 6.33 Å². The number of benzene rings is 1. The van der Waals surface area contributed by atoms with Crippen molar-refractivity contribution in [3.63, 3.8) is 0 Å². The summed E-state index contributed by atoms with van der Waals surface area (Å²) in [7, 11) is 0. The standard InChI is InChI=1S/C24H25Cl2N7/c1-15(2)28-13-18-4-3-11-32(18)24-31-22(16-7-9-27-10-8-16)21(23-29-14-30-33(23)24)17-5-6-19(25)20(26)12-17/h5-10,12,14-15,18,28H,3-4,11,13H2,1-2H3. The number of nitrogens with zero attached hydrogens (tertiary/aromatic N) is 6. The molecule has 4 aromatic rings. The van der Waals surface area contributed by atoms with Crippen molar-refractivity contribution in [2.75, 3.05) is 18.0 Å². The van der Waals surface area contributed by atoms with Gasteiger partial charge in [0.25, 0.3) is 0 Å². The van der Waals surface area contributed by atoms with E-state index in [9.17, 15) is 0 Å². The Morgan fingerprint density at radius 3 is 2.67 bits per heavy atom. The van der Waals surface area contributed by atoms with Gasteiger partial charge in [-0.25, -0.2) is 9.97 Å². The first-order valence-corrected chi connectivity index (χ1v) is 11.9. The van der Waals surface area contributed by atoms with E-state index in [1.54, 1.807) is 24.8 Å². The van der Waals surface area contributed by atoms with Crippen molar-refractivity contribution in [2.24, 2.45) is 0 Å². The van der Waals surface area contributed by atoms with Gasteiger partial charge >= 0.3 is 0 Å². The molecule has 1 aliphatic rings. The lowest BCUT2D eigenvalue weighted by molar-refractivity contribution is 0.519. The van der Waals surface area contributed by atoms with Gasteiger partial charge in [0, 0.05) is 43.1 Å². The molecule has 0 bridgehead atoms. The average molecular weight is 482 g/mol. The van der Waals surface area contributed by atoms with Crippen molar-refractivity contribution >= 4 is 34.8 Å². The number of halogens is 2. The predicted octanol–water partition coefficient (Wildman–Crippen LogP) is 5.13. The first-order chi connectivity index (χ1) is 16.0. The number of aromatic nitrogens is 5. The van der Waals surface area contributed by atoms with Crippen molar-refractivity contribution in [3.05, 3.63) is 59.1 Å². The third kappa shape index (κ3) is 4.28. The summed E-state index contributed by atoms with van der Waals surface area (Å²) in [5.74, 6) is 0.797. The first kappa shape index (κ1) is 22.1. The van der Waals surface area contributed by atoms with Crippen LogP contribution in [0.2, 0.25) is 10.0 Å². The Kier molecular flexibility index (Phi) is 6.19. The topological polar surface area (TPSA) is 71.2 Å². The van der Waals surface area contributed by atoms with Gasteiger partial charge in [-0.05, 0) is 42.7 Å². The number of nitrogens with one attached hydrogen (secondary N) is 1. The van der Waals surface area contributed by atoms with Gasteiger partial charge in [0.05, 0.1) is 21.3 Å². The molecule has 0 saturated carbocycles. The molecule has 4 heterocycles. The summed E-state index contributed by atoms with van der Waals surface area (Å²) < 4.78 is 1.84. The van der Waals surface area contributed by atoms with Crippen LogP contribution in [0.4, 0.5) is 5.95 Å². The second-order valence-electron chi connectivity index (χ2n) is 8.55. The van der Waals surface area contributed by atoms with Crippen LogP contribution < -0.4 is 10.2 Å². The molecule has 1 unspecified atom stereocenters. The number of anilines is 1. The highest BCUT2D eigenvalue weighted by molar-refractivity contribution is 6.42. The Morgan fingerprint density at radius 1 is 1.09 bits per heavy atom. The monoisotopic (exact) mass is 481 g/mol. The molecule has 1 saturated heterocycles. The molecule has 9 heteroatoms. The molecule has 1 fully saturated rings. The van der Waals surface area contributed by atoms with Gasteiger partial charge in [-0.2, -0.15) is 9.61 Å². The minimum atomic E-state index is 0.341. The fourth-order valence-electron chi connectivity index (χ4n) is 4.37. The lowest BCUT2D eigenvalue weighted by atomic mass is 10.0. The second-order valence-corrected chi connectivity index (χ2v) is 9.36. The maximum Gasteiger partial charge on any atom is 0.229 e. The minimum absolute atomic E-state index is 0.341. The Morgan fingerprint density at radius 2 is 1.91 bits per heavy atom. The van der Waals surface area contributed by atoms with Crippen molar-refractivity contribution in [1.82, 2.24) is 29.9 Å². The van der Waals surface area contributed by atoms with E-state index in [2.05, 4.69) is 39.1 Å². The highest BCUT2D eigenvalue weighted by Crippen LogP contribution is 2.38. The van der Waals surface area contributed by atoms with E-state index in [4.69, 9.17) is 28.2 Å². The van der Waals surface area contributed by atoms with E-state index >= 15 is 0 Å². The first-order valence-electron chi connectivity index (χ1n) is 11.1. The normalized spacial score (nSPS) is 16.3. The molecule has 3 aromatic heterocycles. The molecule has 5 rings (SSSR count). The summed E-state index contributed by atoms with van der Waals surface area (Å²) in [5.41, 5.74) is 4.24. The number of rotatable bonds is 6. The number of hydrogen-bond donors (Lipinski definition) is 1. The summed E-state index contributed by atoms with van der Waals surface area (Å²) in [6.07, 6.45) is 7.34. The molecule has 0 aliphatic carbocycles. The van der Waals surface area contributed by atoms with Crippen LogP contribution in [0.5, 0.6) is 0 Å². The second kappa shape index (κ2) is 9.25. The van der Waals surface area contributed by atoms with Crippen LogP contribution in [0.3, 0.4) is 0 Å². The molecule has 33 heavy (non-hydrogen) atoms. The van der Waals surface area contributed by atoms with E-state index in [0.29, 0.717) is 22.1 Å². The van der Waals surface area contributed by atoms with Crippen LogP contribution in [-0.4, -0.2) is 49.7 Å². The molecule has 170 valence electrons. The smallest absolute Gasteiger partial charge is 0.229 e. The minimum Gasteiger partial charge on any atom is -0.336 e. The van der Waals surface area contributed by atoms with Gasteiger partial charge < -0.3 is 10.2 Å². The number of hydrogen-bond acceptors (Lipinski definition) is 6. The zero-order valence-corrected chi connectivity index (χ0v) is 20.1. The van der Waals surface area contributed by atoms with Crippen LogP contribution in [0.25, 0.3) is 28.0 Å². The lowest BCUT2D eigenvalue weighted by Gasteiger charge is -2.28. The van der Waals surface area contributed by atoms with E-state index in [1.165, 1.54) is 0 Å². The van der Waals surface area contributed by atoms with Crippen molar-refractivity contribution in [2.45, 2.75) is 38.8 Å². The highest BCUT2D eigenvalue weighted by atomic mass is 35.5. The highest BCUT2D eigenvalue weighted by Gasteiger charge is 2.30. The predicted molar refractivity (Wildman–Crippen MR) is 133 cm³/mol. The Hall–Kier alpha value is -2.74. The Balaban J connectivity index is 1.72. The molecular weight excluding hydrogens is 457 g/mol. The molecular formula is C24H25Cl2N7. The summed E-state index contributed by atoms with van der Waals surface area (Å²) in [4.78, 5) is 16.4. The van der Waals surface area contributed by atoms with E-state index in [1.807, 2.05) is 28.8 Å². The fraction of sp³-hybridized carbons (Fsp3) is 0.333. The zero-order chi connectivity index (χ0) is 22.9. The molecule has 1 N–H and O–H groups in total. The van der Waals surface area contributed by atoms with Crippen LogP contribution >= 0.6 is 23.2 Å². The molecule has 1 atom stereocenters. The SMILES string of the molecule is CC(C)NCC1CCCN1c1nc(-c2ccncc2)c(-c2ccc(Cl)c(Cl)c2)c2ncnn12. The van der Waals surface area contributed by atoms with Crippen LogP contribution in [-0.2, 0) is 0 Å². The van der Waals surface area contributed by atoms with Gasteiger partial charge in [0.15, 0.2) is 5.65 Å². The van der Waals surface area contributed by atoms with E-state index < -0.39 is 0 Å².